The quantitative estimate of drug-likeness (QED) is 0.418. The average Bonchev–Trinajstić information content (AvgIpc) is 2.55. The van der Waals surface area contributed by atoms with Crippen molar-refractivity contribution in [1.82, 2.24) is 5.48 Å². The van der Waals surface area contributed by atoms with Gasteiger partial charge in [0.05, 0.1) is 11.5 Å². The number of amides is 1. The highest BCUT2D eigenvalue weighted by atomic mass is 16.6. The van der Waals surface area contributed by atoms with Crippen LogP contribution >= 0.6 is 0 Å². The van der Waals surface area contributed by atoms with E-state index in [1.54, 1.807) is 71.3 Å². The minimum Gasteiger partial charge on any atom is -0.460 e. The van der Waals surface area contributed by atoms with Crippen LogP contribution in [0.1, 0.15) is 70.3 Å². The van der Waals surface area contributed by atoms with Crippen LogP contribution in [0.4, 0.5) is 0 Å². The zero-order valence-corrected chi connectivity index (χ0v) is 17.5. The Balaban J connectivity index is 2.97. The summed E-state index contributed by atoms with van der Waals surface area (Å²) < 4.78 is 10.8. The van der Waals surface area contributed by atoms with E-state index < -0.39 is 35.0 Å². The Kier molecular flexibility index (Phi) is 8.17. The molecule has 1 rings (SSSR count). The molecule has 0 saturated carbocycles. The summed E-state index contributed by atoms with van der Waals surface area (Å²) >= 11 is 0. The van der Waals surface area contributed by atoms with Crippen molar-refractivity contribution in [1.29, 1.82) is 0 Å². The fraction of sp³-hybridized carbons (Fsp3) is 0.571. The van der Waals surface area contributed by atoms with Gasteiger partial charge in [-0.1, -0.05) is 12.1 Å². The van der Waals surface area contributed by atoms with Gasteiger partial charge in [-0.05, 0) is 72.1 Å². The van der Waals surface area contributed by atoms with Crippen molar-refractivity contribution in [3.05, 3.63) is 35.4 Å². The third-order valence-electron chi connectivity index (χ3n) is 3.63. The molecule has 0 aliphatic rings. The van der Waals surface area contributed by atoms with Crippen LogP contribution in [0.5, 0.6) is 0 Å². The van der Waals surface area contributed by atoms with E-state index in [0.29, 0.717) is 12.0 Å². The molecule has 1 unspecified atom stereocenters. The van der Waals surface area contributed by atoms with Gasteiger partial charge in [0.1, 0.15) is 11.2 Å². The Bertz CT molecular complexity index is 700. The molecule has 0 aromatic heterocycles. The molecule has 0 bridgehead atoms. The van der Waals surface area contributed by atoms with Gasteiger partial charge in [0.25, 0.3) is 0 Å². The summed E-state index contributed by atoms with van der Waals surface area (Å²) in [5, 5.41) is 8.69. The largest absolute Gasteiger partial charge is 0.460 e. The number of rotatable bonds is 7. The Morgan fingerprint density at radius 3 is 2.18 bits per heavy atom. The maximum absolute atomic E-state index is 12.6. The molecule has 1 aromatic carbocycles. The van der Waals surface area contributed by atoms with E-state index in [4.69, 9.17) is 14.7 Å². The molecule has 1 aromatic rings. The zero-order valence-electron chi connectivity index (χ0n) is 17.5. The van der Waals surface area contributed by atoms with Gasteiger partial charge in [-0.25, -0.2) is 10.3 Å². The number of carbonyl (C=O) groups is 3. The maximum atomic E-state index is 12.6. The number of nitrogens with one attached hydrogen (secondary N) is 1. The van der Waals surface area contributed by atoms with E-state index in [-0.39, 0.29) is 12.8 Å². The standard InChI is InChI=1S/C21H31NO6/c1-20(2,3)27-18(24)15-9-7-8-14(12-15)13-16(10-11-17(23)22-26)19(25)28-21(4,5)6/h7-9,12,16,26H,10-11,13H2,1-6H3,(H,22,23). The van der Waals surface area contributed by atoms with E-state index in [9.17, 15) is 14.4 Å². The summed E-state index contributed by atoms with van der Waals surface area (Å²) in [4.78, 5) is 36.2. The van der Waals surface area contributed by atoms with Crippen LogP contribution in [0.15, 0.2) is 24.3 Å². The third-order valence-corrected chi connectivity index (χ3v) is 3.63. The van der Waals surface area contributed by atoms with E-state index in [1.807, 2.05) is 0 Å². The third kappa shape index (κ3) is 8.99. The van der Waals surface area contributed by atoms with Crippen LogP contribution in [-0.4, -0.2) is 34.3 Å². The number of esters is 2. The molecule has 1 atom stereocenters. The lowest BCUT2D eigenvalue weighted by Crippen LogP contribution is -2.31. The molecule has 7 heteroatoms. The molecule has 0 aliphatic carbocycles. The zero-order chi connectivity index (χ0) is 21.5. The average molecular weight is 393 g/mol. The van der Waals surface area contributed by atoms with Gasteiger partial charge >= 0.3 is 11.9 Å². The first-order chi connectivity index (χ1) is 12.8. The summed E-state index contributed by atoms with van der Waals surface area (Å²) in [6.45, 7) is 10.7. The Labute approximate surface area is 166 Å². The molecule has 156 valence electrons. The summed E-state index contributed by atoms with van der Waals surface area (Å²) in [6.07, 6.45) is 0.481. The Hall–Kier alpha value is -2.41. The van der Waals surface area contributed by atoms with Crippen LogP contribution < -0.4 is 5.48 Å². The lowest BCUT2D eigenvalue weighted by Gasteiger charge is -2.24. The van der Waals surface area contributed by atoms with Crippen molar-refractivity contribution in [2.75, 3.05) is 0 Å². The molecule has 0 radical (unpaired) electrons. The van der Waals surface area contributed by atoms with Gasteiger partial charge in [-0.2, -0.15) is 0 Å². The van der Waals surface area contributed by atoms with Crippen LogP contribution in [0.2, 0.25) is 0 Å². The van der Waals surface area contributed by atoms with Gasteiger partial charge in [-0.15, -0.1) is 0 Å². The second-order valence-electron chi connectivity index (χ2n) is 8.71. The monoisotopic (exact) mass is 393 g/mol. The highest BCUT2D eigenvalue weighted by molar-refractivity contribution is 5.90. The smallest absolute Gasteiger partial charge is 0.338 e. The summed E-state index contributed by atoms with van der Waals surface area (Å²) in [5.41, 5.74) is 1.44. The molecule has 0 saturated heterocycles. The van der Waals surface area contributed by atoms with Crippen LogP contribution in [0.25, 0.3) is 0 Å². The van der Waals surface area contributed by atoms with Crippen LogP contribution in [0, 0.1) is 5.92 Å². The minimum absolute atomic E-state index is 0.0217. The van der Waals surface area contributed by atoms with E-state index in [1.165, 1.54) is 0 Å². The molecule has 2 N–H and O–H groups in total. The van der Waals surface area contributed by atoms with E-state index in [0.717, 1.165) is 5.56 Å². The normalized spacial score (nSPS) is 12.8. The molecule has 7 nitrogen and oxygen atoms in total. The molecule has 0 spiro atoms. The lowest BCUT2D eigenvalue weighted by molar-refractivity contribution is -0.160. The summed E-state index contributed by atoms with van der Waals surface area (Å²) in [7, 11) is 0. The predicted octanol–water partition coefficient (Wildman–Crippen LogP) is 3.43. The Morgan fingerprint density at radius 2 is 1.64 bits per heavy atom. The van der Waals surface area contributed by atoms with Crippen molar-refractivity contribution in [2.24, 2.45) is 5.92 Å². The van der Waals surface area contributed by atoms with Gasteiger partial charge in [0, 0.05) is 6.42 Å². The number of ether oxygens (including phenoxy) is 2. The van der Waals surface area contributed by atoms with E-state index in [2.05, 4.69) is 0 Å². The number of carbonyl (C=O) groups excluding carboxylic acids is 3. The minimum atomic E-state index is -0.660. The fourth-order valence-electron chi connectivity index (χ4n) is 2.50. The van der Waals surface area contributed by atoms with Crippen molar-refractivity contribution >= 4 is 17.8 Å². The van der Waals surface area contributed by atoms with Crippen molar-refractivity contribution in [2.45, 2.75) is 72.0 Å². The predicted molar refractivity (Wildman–Crippen MR) is 104 cm³/mol. The molecular formula is C21H31NO6. The van der Waals surface area contributed by atoms with E-state index >= 15 is 0 Å². The molecule has 0 fully saturated rings. The van der Waals surface area contributed by atoms with Crippen molar-refractivity contribution in [3.8, 4) is 0 Å². The number of hydrogen-bond acceptors (Lipinski definition) is 6. The van der Waals surface area contributed by atoms with Crippen LogP contribution in [-0.2, 0) is 25.5 Å². The number of hydroxylamine groups is 1. The summed E-state index contributed by atoms with van der Waals surface area (Å²) in [6, 6.07) is 6.86. The molecule has 28 heavy (non-hydrogen) atoms. The fourth-order valence-corrected chi connectivity index (χ4v) is 2.50. The van der Waals surface area contributed by atoms with Gasteiger partial charge in [-0.3, -0.25) is 14.8 Å². The molecule has 1 amide bonds. The summed E-state index contributed by atoms with van der Waals surface area (Å²) in [5.74, 6) is -2.04. The van der Waals surface area contributed by atoms with Crippen molar-refractivity contribution in [3.63, 3.8) is 0 Å². The molecule has 0 aliphatic heterocycles. The van der Waals surface area contributed by atoms with Crippen LogP contribution in [0.3, 0.4) is 0 Å². The second-order valence-corrected chi connectivity index (χ2v) is 8.71. The van der Waals surface area contributed by atoms with Gasteiger partial charge in [0.15, 0.2) is 0 Å². The second kappa shape index (κ2) is 9.68. The lowest BCUT2D eigenvalue weighted by atomic mass is 9.93. The number of benzene rings is 1. The number of hydrogen-bond donors (Lipinski definition) is 2. The first kappa shape index (κ1) is 23.6. The van der Waals surface area contributed by atoms with Gasteiger partial charge < -0.3 is 9.47 Å². The van der Waals surface area contributed by atoms with Gasteiger partial charge in [0.2, 0.25) is 5.91 Å². The molecule has 0 heterocycles. The first-order valence-electron chi connectivity index (χ1n) is 9.29. The molecular weight excluding hydrogens is 362 g/mol. The van der Waals surface area contributed by atoms with Crippen molar-refractivity contribution < 1.29 is 29.1 Å². The maximum Gasteiger partial charge on any atom is 0.338 e. The topological polar surface area (TPSA) is 102 Å². The first-order valence-corrected chi connectivity index (χ1v) is 9.29. The highest BCUT2D eigenvalue weighted by Gasteiger charge is 2.26. The Morgan fingerprint density at radius 1 is 1.04 bits per heavy atom. The SMILES string of the molecule is CC(C)(C)OC(=O)c1cccc(CC(CCC(=O)NO)C(=O)OC(C)(C)C)c1. The highest BCUT2D eigenvalue weighted by Crippen LogP contribution is 2.21.